The van der Waals surface area contributed by atoms with E-state index in [1.165, 1.54) is 0 Å². The molecule has 17 heavy (non-hydrogen) atoms. The summed E-state index contributed by atoms with van der Waals surface area (Å²) in [6.07, 6.45) is 0.340. The van der Waals surface area contributed by atoms with Gasteiger partial charge in [-0.15, -0.1) is 0 Å². The molecule has 4 heteroatoms. The van der Waals surface area contributed by atoms with Crippen molar-refractivity contribution in [2.75, 3.05) is 18.1 Å². The summed E-state index contributed by atoms with van der Waals surface area (Å²) in [5, 5.41) is 12.7. The molecule has 0 spiro atoms. The number of carbonyl (C=O) groups is 1. The maximum Gasteiger partial charge on any atom is 0.224 e. The molecule has 2 N–H and O–H groups in total. The van der Waals surface area contributed by atoms with E-state index in [2.05, 4.69) is 5.32 Å². The van der Waals surface area contributed by atoms with Crippen LogP contribution in [-0.4, -0.2) is 29.1 Å². The van der Waals surface area contributed by atoms with Crippen LogP contribution >= 0.6 is 11.8 Å². The second-order valence-corrected chi connectivity index (χ2v) is 5.38. The lowest BCUT2D eigenvalue weighted by Gasteiger charge is -2.14. The summed E-state index contributed by atoms with van der Waals surface area (Å²) in [7, 11) is 0. The number of benzene rings is 1. The minimum absolute atomic E-state index is 0.0741. The Morgan fingerprint density at radius 2 is 2.24 bits per heavy atom. The van der Waals surface area contributed by atoms with Crippen LogP contribution in [0.1, 0.15) is 18.1 Å². The first kappa shape index (κ1) is 12.5. The Hall–Kier alpha value is -1.00. The van der Waals surface area contributed by atoms with Crippen molar-refractivity contribution < 1.29 is 9.90 Å². The third-order valence-corrected chi connectivity index (χ3v) is 4.12. The molecule has 1 fully saturated rings. The predicted octanol–water partition coefficient (Wildman–Crippen LogP) is 1.59. The van der Waals surface area contributed by atoms with Crippen molar-refractivity contribution in [3.05, 3.63) is 35.9 Å². The van der Waals surface area contributed by atoms with Gasteiger partial charge in [0.15, 0.2) is 0 Å². The Bertz CT molecular complexity index is 363. The first-order chi connectivity index (χ1) is 8.27. The summed E-state index contributed by atoms with van der Waals surface area (Å²) in [4.78, 5) is 11.7. The third kappa shape index (κ3) is 3.48. The van der Waals surface area contributed by atoms with Crippen LogP contribution in [-0.2, 0) is 4.79 Å². The molecule has 0 aromatic heterocycles. The summed E-state index contributed by atoms with van der Waals surface area (Å²) in [5.74, 6) is 2.18. The van der Waals surface area contributed by atoms with Crippen molar-refractivity contribution in [3.8, 4) is 0 Å². The van der Waals surface area contributed by atoms with Gasteiger partial charge in [0.1, 0.15) is 0 Å². The maximum atomic E-state index is 11.7. The summed E-state index contributed by atoms with van der Waals surface area (Å²) in [5.41, 5.74) is 0.841. The van der Waals surface area contributed by atoms with Gasteiger partial charge in [-0.2, -0.15) is 11.8 Å². The van der Waals surface area contributed by atoms with E-state index in [0.717, 1.165) is 23.5 Å². The van der Waals surface area contributed by atoms with Crippen molar-refractivity contribution in [1.29, 1.82) is 0 Å². The molecule has 1 amide bonds. The molecule has 3 nitrogen and oxygen atoms in total. The second kappa shape index (κ2) is 6.07. The van der Waals surface area contributed by atoms with E-state index in [9.17, 15) is 9.90 Å². The van der Waals surface area contributed by atoms with E-state index in [4.69, 9.17) is 0 Å². The minimum Gasteiger partial charge on any atom is -0.387 e. The summed E-state index contributed by atoms with van der Waals surface area (Å²) in [6, 6.07) is 9.40. The van der Waals surface area contributed by atoms with E-state index in [1.54, 1.807) is 0 Å². The number of hydrogen-bond donors (Lipinski definition) is 2. The maximum absolute atomic E-state index is 11.7. The van der Waals surface area contributed by atoms with E-state index in [0.29, 0.717) is 6.54 Å². The van der Waals surface area contributed by atoms with Gasteiger partial charge >= 0.3 is 0 Å². The van der Waals surface area contributed by atoms with E-state index < -0.39 is 6.10 Å². The number of hydrogen-bond acceptors (Lipinski definition) is 3. The standard InChI is InChI=1S/C13H17NO2S/c15-12(10-4-2-1-3-5-10)8-14-13(16)11-6-7-17-9-11/h1-5,11-12,15H,6-9H2,(H,14,16). The van der Waals surface area contributed by atoms with Crippen molar-refractivity contribution in [1.82, 2.24) is 5.32 Å². The van der Waals surface area contributed by atoms with Crippen LogP contribution in [0, 0.1) is 5.92 Å². The Labute approximate surface area is 106 Å². The molecule has 1 saturated heterocycles. The normalized spacial score (nSPS) is 21.1. The zero-order chi connectivity index (χ0) is 12.1. The Morgan fingerprint density at radius 1 is 1.47 bits per heavy atom. The van der Waals surface area contributed by atoms with E-state index >= 15 is 0 Å². The highest BCUT2D eigenvalue weighted by molar-refractivity contribution is 7.99. The van der Waals surface area contributed by atoms with Gasteiger partial charge in [-0.1, -0.05) is 30.3 Å². The Morgan fingerprint density at radius 3 is 2.88 bits per heavy atom. The first-order valence-corrected chi connectivity index (χ1v) is 7.01. The smallest absolute Gasteiger partial charge is 0.224 e. The Kier molecular flexibility index (Phi) is 4.45. The van der Waals surface area contributed by atoms with Crippen LogP contribution in [0.25, 0.3) is 0 Å². The molecule has 1 heterocycles. The highest BCUT2D eigenvalue weighted by Gasteiger charge is 2.23. The minimum atomic E-state index is -0.616. The number of amides is 1. The zero-order valence-electron chi connectivity index (χ0n) is 9.63. The van der Waals surface area contributed by atoms with Gasteiger partial charge in [0.05, 0.1) is 6.10 Å². The van der Waals surface area contributed by atoms with Crippen LogP contribution in [0.3, 0.4) is 0 Å². The van der Waals surface area contributed by atoms with E-state index in [1.807, 2.05) is 42.1 Å². The number of thioether (sulfide) groups is 1. The largest absolute Gasteiger partial charge is 0.387 e. The predicted molar refractivity (Wildman–Crippen MR) is 69.8 cm³/mol. The van der Waals surface area contributed by atoms with E-state index in [-0.39, 0.29) is 11.8 Å². The van der Waals surface area contributed by atoms with Gasteiger partial charge in [-0.3, -0.25) is 4.79 Å². The molecule has 2 rings (SSSR count). The molecule has 0 saturated carbocycles. The topological polar surface area (TPSA) is 49.3 Å². The van der Waals surface area contributed by atoms with Gasteiger partial charge in [0.2, 0.25) is 5.91 Å². The van der Waals surface area contributed by atoms with Crippen molar-refractivity contribution in [2.24, 2.45) is 5.92 Å². The highest BCUT2D eigenvalue weighted by atomic mass is 32.2. The van der Waals surface area contributed by atoms with Crippen molar-refractivity contribution in [3.63, 3.8) is 0 Å². The van der Waals surface area contributed by atoms with Crippen molar-refractivity contribution in [2.45, 2.75) is 12.5 Å². The third-order valence-electron chi connectivity index (χ3n) is 2.95. The first-order valence-electron chi connectivity index (χ1n) is 5.86. The average Bonchev–Trinajstić information content (AvgIpc) is 2.90. The number of nitrogens with one attached hydrogen (secondary N) is 1. The molecule has 2 unspecified atom stereocenters. The van der Waals surface area contributed by atoms with Crippen LogP contribution in [0.15, 0.2) is 30.3 Å². The molecular formula is C13H17NO2S. The number of aliphatic hydroxyl groups excluding tert-OH is 1. The molecule has 0 bridgehead atoms. The molecular weight excluding hydrogens is 234 g/mol. The fourth-order valence-electron chi connectivity index (χ4n) is 1.88. The molecule has 0 radical (unpaired) electrons. The van der Waals surface area contributed by atoms with Gasteiger partial charge in [-0.25, -0.2) is 0 Å². The zero-order valence-corrected chi connectivity index (χ0v) is 10.5. The number of aliphatic hydroxyl groups is 1. The van der Waals surface area contributed by atoms with Crippen LogP contribution in [0.2, 0.25) is 0 Å². The molecule has 1 aliphatic heterocycles. The molecule has 2 atom stereocenters. The molecule has 92 valence electrons. The van der Waals surface area contributed by atoms with Gasteiger partial charge in [-0.05, 0) is 17.7 Å². The monoisotopic (exact) mass is 251 g/mol. The lowest BCUT2D eigenvalue weighted by molar-refractivity contribution is -0.124. The molecule has 1 aromatic rings. The highest BCUT2D eigenvalue weighted by Crippen LogP contribution is 2.23. The van der Waals surface area contributed by atoms with Gasteiger partial charge in [0, 0.05) is 18.2 Å². The Balaban J connectivity index is 1.80. The lowest BCUT2D eigenvalue weighted by Crippen LogP contribution is -2.33. The number of rotatable bonds is 4. The van der Waals surface area contributed by atoms with Gasteiger partial charge in [0.25, 0.3) is 0 Å². The summed E-state index contributed by atoms with van der Waals surface area (Å²) >= 11 is 1.82. The number of carbonyl (C=O) groups excluding carboxylic acids is 1. The van der Waals surface area contributed by atoms with Crippen LogP contribution < -0.4 is 5.32 Å². The molecule has 1 aromatic carbocycles. The summed E-state index contributed by atoms with van der Waals surface area (Å²) in [6.45, 7) is 0.296. The summed E-state index contributed by atoms with van der Waals surface area (Å²) < 4.78 is 0. The van der Waals surface area contributed by atoms with Gasteiger partial charge < -0.3 is 10.4 Å². The molecule has 0 aliphatic carbocycles. The SMILES string of the molecule is O=C(NCC(O)c1ccccc1)C1CCSC1. The van der Waals surface area contributed by atoms with Crippen molar-refractivity contribution >= 4 is 17.7 Å². The fourth-order valence-corrected chi connectivity index (χ4v) is 3.10. The fraction of sp³-hybridized carbons (Fsp3) is 0.462. The second-order valence-electron chi connectivity index (χ2n) is 4.23. The average molecular weight is 251 g/mol. The molecule has 1 aliphatic rings. The quantitative estimate of drug-likeness (QED) is 0.854. The van der Waals surface area contributed by atoms with Crippen LogP contribution in [0.4, 0.5) is 0 Å². The lowest BCUT2D eigenvalue weighted by atomic mass is 10.1. The van der Waals surface area contributed by atoms with Crippen LogP contribution in [0.5, 0.6) is 0 Å².